The maximum Gasteiger partial charge on any atom is 0.424 e. The van der Waals surface area contributed by atoms with Gasteiger partial charge >= 0.3 is 6.18 Å². The van der Waals surface area contributed by atoms with Crippen LogP contribution in [0.15, 0.2) is 16.5 Å². The Hall–Kier alpha value is -2.03. The summed E-state index contributed by atoms with van der Waals surface area (Å²) < 4.78 is 45.0. The lowest BCUT2D eigenvalue weighted by Gasteiger charge is -2.28. The molecule has 2 rings (SSSR count). The first kappa shape index (κ1) is 20.3. The molecule has 26 heavy (non-hydrogen) atoms. The Balaban J connectivity index is 1.98. The van der Waals surface area contributed by atoms with Crippen molar-refractivity contribution < 1.29 is 32.3 Å². The summed E-state index contributed by atoms with van der Waals surface area (Å²) in [7, 11) is 0. The molecule has 2 unspecified atom stereocenters. The summed E-state index contributed by atoms with van der Waals surface area (Å²) in [6, 6.07) is 2.36. The van der Waals surface area contributed by atoms with Gasteiger partial charge in [-0.3, -0.25) is 9.59 Å². The van der Waals surface area contributed by atoms with Gasteiger partial charge in [0.15, 0.2) is 0 Å². The van der Waals surface area contributed by atoms with Crippen LogP contribution in [0, 0.1) is 12.8 Å². The van der Waals surface area contributed by atoms with Crippen LogP contribution in [-0.4, -0.2) is 47.1 Å². The number of hydrogen-bond acceptors (Lipinski definition) is 4. The summed E-state index contributed by atoms with van der Waals surface area (Å²) in [5, 5.41) is 12.5. The van der Waals surface area contributed by atoms with E-state index in [4.69, 9.17) is 4.42 Å². The van der Waals surface area contributed by atoms with Crippen LogP contribution in [0.3, 0.4) is 0 Å². The van der Waals surface area contributed by atoms with E-state index in [1.54, 1.807) is 4.90 Å². The highest BCUT2D eigenvalue weighted by Gasteiger charge is 2.56. The van der Waals surface area contributed by atoms with Crippen molar-refractivity contribution in [2.75, 3.05) is 13.1 Å². The Kier molecular flexibility index (Phi) is 5.70. The maximum atomic E-state index is 13.3. The van der Waals surface area contributed by atoms with Crippen LogP contribution in [0.1, 0.15) is 38.2 Å². The molecule has 146 valence electrons. The van der Waals surface area contributed by atoms with Crippen LogP contribution >= 0.6 is 0 Å². The molecule has 1 aromatic heterocycles. The molecule has 1 aromatic rings. The second kappa shape index (κ2) is 7.30. The van der Waals surface area contributed by atoms with Crippen molar-refractivity contribution in [2.24, 2.45) is 5.92 Å². The second-order valence-electron chi connectivity index (χ2n) is 6.85. The standard InChI is InChI=1S/C17H23F3N2O4/c1-10(2)22-9-12(8-14(22)23)15(24)21-7-6-16(25,17(18,19)20)13-5-4-11(3)26-13/h4-5,10,12,25H,6-9H2,1-3H3,(H,21,24). The van der Waals surface area contributed by atoms with E-state index in [0.717, 1.165) is 6.07 Å². The van der Waals surface area contributed by atoms with Gasteiger partial charge in [0, 0.05) is 32.0 Å². The fraction of sp³-hybridized carbons (Fsp3) is 0.647. The second-order valence-corrected chi connectivity index (χ2v) is 6.85. The monoisotopic (exact) mass is 376 g/mol. The largest absolute Gasteiger partial charge is 0.463 e. The normalized spacial score (nSPS) is 20.5. The van der Waals surface area contributed by atoms with Gasteiger partial charge in [0.25, 0.3) is 0 Å². The van der Waals surface area contributed by atoms with Gasteiger partial charge < -0.3 is 19.7 Å². The quantitative estimate of drug-likeness (QED) is 0.797. The summed E-state index contributed by atoms with van der Waals surface area (Å²) in [5.41, 5.74) is -3.19. The Morgan fingerprint density at radius 1 is 1.42 bits per heavy atom. The van der Waals surface area contributed by atoms with Crippen LogP contribution < -0.4 is 5.32 Å². The van der Waals surface area contributed by atoms with Crippen molar-refractivity contribution in [1.29, 1.82) is 0 Å². The fourth-order valence-electron chi connectivity index (χ4n) is 2.98. The van der Waals surface area contributed by atoms with Crippen molar-refractivity contribution in [3.05, 3.63) is 23.7 Å². The molecule has 2 heterocycles. The van der Waals surface area contributed by atoms with Gasteiger partial charge in [-0.25, -0.2) is 0 Å². The zero-order valence-electron chi connectivity index (χ0n) is 14.9. The molecule has 1 saturated heterocycles. The number of amides is 2. The van der Waals surface area contributed by atoms with Crippen molar-refractivity contribution in [2.45, 2.75) is 51.4 Å². The Bertz CT molecular complexity index is 671. The van der Waals surface area contributed by atoms with Gasteiger partial charge in [0.05, 0.1) is 5.92 Å². The summed E-state index contributed by atoms with van der Waals surface area (Å²) in [4.78, 5) is 25.5. The highest BCUT2D eigenvalue weighted by atomic mass is 19.4. The van der Waals surface area contributed by atoms with E-state index < -0.39 is 42.3 Å². The van der Waals surface area contributed by atoms with E-state index in [0.29, 0.717) is 0 Å². The van der Waals surface area contributed by atoms with E-state index >= 15 is 0 Å². The molecule has 2 atom stereocenters. The highest BCUT2D eigenvalue weighted by molar-refractivity contribution is 5.89. The molecule has 0 spiro atoms. The summed E-state index contributed by atoms with van der Waals surface area (Å²) in [6.45, 7) is 4.96. The van der Waals surface area contributed by atoms with Crippen molar-refractivity contribution >= 4 is 11.8 Å². The molecule has 1 fully saturated rings. The zero-order valence-corrected chi connectivity index (χ0v) is 14.9. The molecule has 2 amide bonds. The molecule has 0 aromatic carbocycles. The van der Waals surface area contributed by atoms with Crippen molar-refractivity contribution in [1.82, 2.24) is 10.2 Å². The predicted octanol–water partition coefficient (Wildman–Crippen LogP) is 2.10. The Morgan fingerprint density at radius 3 is 2.54 bits per heavy atom. The van der Waals surface area contributed by atoms with Gasteiger partial charge in [-0.1, -0.05) is 0 Å². The van der Waals surface area contributed by atoms with Crippen molar-refractivity contribution in [3.63, 3.8) is 0 Å². The lowest BCUT2D eigenvalue weighted by Crippen LogP contribution is -2.45. The average Bonchev–Trinajstić information content (AvgIpc) is 3.12. The molecule has 1 aliphatic heterocycles. The predicted molar refractivity (Wildman–Crippen MR) is 86.0 cm³/mol. The molecular formula is C17H23F3N2O4. The molecule has 0 bridgehead atoms. The zero-order chi connectivity index (χ0) is 19.7. The minimum absolute atomic E-state index is 0.0327. The number of aryl methyl sites for hydroxylation is 1. The first-order valence-corrected chi connectivity index (χ1v) is 8.39. The number of aliphatic hydroxyl groups is 1. The van der Waals surface area contributed by atoms with Gasteiger partial charge in [0.1, 0.15) is 11.5 Å². The minimum atomic E-state index is -4.96. The first-order valence-electron chi connectivity index (χ1n) is 8.39. The smallest absolute Gasteiger partial charge is 0.424 e. The number of rotatable bonds is 6. The average molecular weight is 376 g/mol. The number of halogens is 3. The molecular weight excluding hydrogens is 353 g/mol. The SMILES string of the molecule is Cc1ccc(C(O)(CCNC(=O)C2CC(=O)N(C(C)C)C2)C(F)(F)F)o1. The molecule has 6 nitrogen and oxygen atoms in total. The summed E-state index contributed by atoms with van der Waals surface area (Å²) >= 11 is 0. The molecule has 2 N–H and O–H groups in total. The van der Waals surface area contributed by atoms with Crippen LogP contribution in [0.4, 0.5) is 13.2 Å². The number of nitrogens with zero attached hydrogens (tertiary/aromatic N) is 1. The number of alkyl halides is 3. The van der Waals surface area contributed by atoms with Gasteiger partial charge in [-0.05, 0) is 32.9 Å². The van der Waals surface area contributed by atoms with Gasteiger partial charge in [-0.15, -0.1) is 0 Å². The molecule has 0 saturated carbocycles. The summed E-state index contributed by atoms with van der Waals surface area (Å²) in [5.74, 6) is -1.63. The highest BCUT2D eigenvalue weighted by Crippen LogP contribution is 2.42. The number of hydrogen-bond donors (Lipinski definition) is 2. The van der Waals surface area contributed by atoms with Crippen LogP contribution in [-0.2, 0) is 15.2 Å². The topological polar surface area (TPSA) is 82.8 Å². The van der Waals surface area contributed by atoms with E-state index in [1.165, 1.54) is 13.0 Å². The van der Waals surface area contributed by atoms with E-state index in [-0.39, 0.29) is 30.7 Å². The Labute approximate surface area is 149 Å². The fourth-order valence-corrected chi connectivity index (χ4v) is 2.98. The number of carbonyl (C=O) groups excluding carboxylic acids is 2. The lowest BCUT2D eigenvalue weighted by atomic mass is 9.95. The van der Waals surface area contributed by atoms with E-state index in [1.807, 2.05) is 13.8 Å². The number of likely N-dealkylation sites (tertiary alicyclic amines) is 1. The third kappa shape index (κ3) is 4.03. The third-order valence-corrected chi connectivity index (χ3v) is 4.56. The van der Waals surface area contributed by atoms with Gasteiger partial charge in [-0.2, -0.15) is 13.2 Å². The van der Waals surface area contributed by atoms with Gasteiger partial charge in [0.2, 0.25) is 17.4 Å². The lowest BCUT2D eigenvalue weighted by molar-refractivity contribution is -0.274. The Morgan fingerprint density at radius 2 is 2.08 bits per heavy atom. The minimum Gasteiger partial charge on any atom is -0.463 e. The van der Waals surface area contributed by atoms with Crippen molar-refractivity contribution in [3.8, 4) is 0 Å². The number of furan rings is 1. The first-order chi connectivity index (χ1) is 12.0. The molecule has 0 aliphatic carbocycles. The molecule has 9 heteroatoms. The molecule has 1 aliphatic rings. The number of nitrogens with one attached hydrogen (secondary N) is 1. The number of carbonyl (C=O) groups is 2. The molecule has 0 radical (unpaired) electrons. The van der Waals surface area contributed by atoms with Crippen LogP contribution in [0.5, 0.6) is 0 Å². The maximum absolute atomic E-state index is 13.3. The van der Waals surface area contributed by atoms with Crippen LogP contribution in [0.2, 0.25) is 0 Å². The summed E-state index contributed by atoms with van der Waals surface area (Å²) in [6.07, 6.45) is -5.71. The van der Waals surface area contributed by atoms with E-state index in [9.17, 15) is 27.9 Å². The van der Waals surface area contributed by atoms with Crippen LogP contribution in [0.25, 0.3) is 0 Å². The van der Waals surface area contributed by atoms with E-state index in [2.05, 4.69) is 5.32 Å². The third-order valence-electron chi connectivity index (χ3n) is 4.56.